The smallest absolute Gasteiger partial charge is 0.358 e. The van der Waals surface area contributed by atoms with Crippen LogP contribution in [0.1, 0.15) is 32.5 Å². The molecular weight excluding hydrogens is 404 g/mol. The number of esters is 1. The first-order chi connectivity index (χ1) is 15.6. The number of hydrogen-bond acceptors (Lipinski definition) is 5. The Morgan fingerprint density at radius 3 is 2.19 bits per heavy atom. The van der Waals surface area contributed by atoms with Crippen LogP contribution in [0.5, 0.6) is 5.75 Å². The molecule has 0 saturated heterocycles. The molecule has 0 aliphatic heterocycles. The van der Waals surface area contributed by atoms with Gasteiger partial charge in [-0.25, -0.2) is 9.48 Å². The minimum Gasteiger partial charge on any atom is -0.497 e. The molecule has 3 aromatic carbocycles. The second-order valence-corrected chi connectivity index (χ2v) is 7.13. The maximum Gasteiger partial charge on any atom is 0.358 e. The minimum absolute atomic E-state index is 0.118. The van der Waals surface area contributed by atoms with E-state index in [2.05, 4.69) is 5.10 Å². The van der Waals surface area contributed by atoms with Gasteiger partial charge < -0.3 is 9.47 Å². The number of benzene rings is 3. The first kappa shape index (κ1) is 21.1. The third kappa shape index (κ3) is 4.16. The Kier molecular flexibility index (Phi) is 6.12. The fraction of sp³-hybridized carbons (Fsp3) is 0.115. The lowest BCUT2D eigenvalue weighted by Gasteiger charge is -2.20. The van der Waals surface area contributed by atoms with Gasteiger partial charge in [0.2, 0.25) is 0 Å². The van der Waals surface area contributed by atoms with Crippen LogP contribution in [-0.2, 0) is 4.74 Å². The molecule has 6 nitrogen and oxygen atoms in total. The number of aromatic nitrogens is 2. The molecule has 0 bridgehead atoms. The predicted octanol–water partition coefficient (Wildman–Crippen LogP) is 4.82. The van der Waals surface area contributed by atoms with Gasteiger partial charge in [-0.2, -0.15) is 5.10 Å². The average Bonchev–Trinajstić information content (AvgIpc) is 3.30. The van der Waals surface area contributed by atoms with Crippen molar-refractivity contribution in [1.82, 2.24) is 9.78 Å². The molecule has 0 radical (unpaired) electrons. The molecule has 0 aliphatic rings. The van der Waals surface area contributed by atoms with Crippen LogP contribution in [0.2, 0.25) is 0 Å². The Balaban J connectivity index is 1.94. The molecule has 0 N–H and O–H groups in total. The topological polar surface area (TPSA) is 70.4 Å². The van der Waals surface area contributed by atoms with E-state index < -0.39 is 12.0 Å². The third-order valence-corrected chi connectivity index (χ3v) is 5.16. The van der Waals surface area contributed by atoms with Gasteiger partial charge in [0.05, 0.1) is 19.9 Å². The first-order valence-corrected chi connectivity index (χ1v) is 10.1. The van der Waals surface area contributed by atoms with Crippen LogP contribution < -0.4 is 4.74 Å². The number of methoxy groups -OCH3 is 2. The van der Waals surface area contributed by atoms with E-state index >= 15 is 0 Å². The zero-order chi connectivity index (χ0) is 22.5. The van der Waals surface area contributed by atoms with Crippen LogP contribution in [0.25, 0.3) is 11.3 Å². The standard InChI is InChI=1S/C26H22N2O4/c1-31-21-15-9-14-20(16-21)23-17-22(26(30)32-2)27-28(23)24(18-10-5-3-6-11-18)25(29)19-12-7-4-8-13-19/h3-17,24H,1-2H3. The van der Waals surface area contributed by atoms with E-state index in [0.717, 1.165) is 11.1 Å². The quantitative estimate of drug-likeness (QED) is 0.313. The van der Waals surface area contributed by atoms with Crippen molar-refractivity contribution in [1.29, 1.82) is 0 Å². The summed E-state index contributed by atoms with van der Waals surface area (Å²) < 4.78 is 11.8. The van der Waals surface area contributed by atoms with Gasteiger partial charge in [0, 0.05) is 11.1 Å². The molecule has 0 saturated carbocycles. The number of nitrogens with zero attached hydrogens (tertiary/aromatic N) is 2. The number of ketones is 1. The summed E-state index contributed by atoms with van der Waals surface area (Å²) in [6.07, 6.45) is 0. The maximum atomic E-state index is 13.7. The number of carbonyl (C=O) groups excluding carboxylic acids is 2. The molecule has 1 unspecified atom stereocenters. The van der Waals surface area contributed by atoms with Gasteiger partial charge in [0.25, 0.3) is 0 Å². The summed E-state index contributed by atoms with van der Waals surface area (Å²) in [7, 11) is 2.89. The largest absolute Gasteiger partial charge is 0.497 e. The van der Waals surface area contributed by atoms with Crippen LogP contribution in [0.4, 0.5) is 0 Å². The highest BCUT2D eigenvalue weighted by Crippen LogP contribution is 2.31. The van der Waals surface area contributed by atoms with Crippen molar-refractivity contribution < 1.29 is 19.1 Å². The van der Waals surface area contributed by atoms with Gasteiger partial charge in [-0.1, -0.05) is 72.8 Å². The van der Waals surface area contributed by atoms with Gasteiger partial charge in [-0.05, 0) is 23.8 Å². The molecular formula is C26H22N2O4. The maximum absolute atomic E-state index is 13.7. The van der Waals surface area contributed by atoms with Crippen molar-refractivity contribution in [2.75, 3.05) is 14.2 Å². The van der Waals surface area contributed by atoms with Crippen LogP contribution in [0, 0.1) is 0 Å². The van der Waals surface area contributed by atoms with Gasteiger partial charge in [0.1, 0.15) is 11.8 Å². The van der Waals surface area contributed by atoms with E-state index in [-0.39, 0.29) is 11.5 Å². The van der Waals surface area contributed by atoms with E-state index in [1.807, 2.05) is 72.8 Å². The summed E-state index contributed by atoms with van der Waals surface area (Å²) in [6.45, 7) is 0. The fourth-order valence-electron chi connectivity index (χ4n) is 3.59. The number of rotatable bonds is 7. The molecule has 1 aromatic heterocycles. The van der Waals surface area contributed by atoms with Gasteiger partial charge >= 0.3 is 5.97 Å². The van der Waals surface area contributed by atoms with Crippen LogP contribution in [-0.4, -0.2) is 35.8 Å². The minimum atomic E-state index is -0.779. The SMILES string of the molecule is COC(=O)c1cc(-c2cccc(OC)c2)n(C(C(=O)c2ccccc2)c2ccccc2)n1. The van der Waals surface area contributed by atoms with E-state index in [9.17, 15) is 9.59 Å². The number of ether oxygens (including phenoxy) is 2. The monoisotopic (exact) mass is 426 g/mol. The Bertz CT molecular complexity index is 1230. The normalized spacial score (nSPS) is 11.6. The fourth-order valence-corrected chi connectivity index (χ4v) is 3.59. The highest BCUT2D eigenvalue weighted by molar-refractivity contribution is 6.01. The molecule has 6 heteroatoms. The summed E-state index contributed by atoms with van der Waals surface area (Å²) in [5.41, 5.74) is 2.78. The van der Waals surface area contributed by atoms with E-state index in [1.54, 1.807) is 30.0 Å². The van der Waals surface area contributed by atoms with Crippen molar-refractivity contribution >= 4 is 11.8 Å². The predicted molar refractivity (Wildman–Crippen MR) is 121 cm³/mol. The van der Waals surface area contributed by atoms with E-state index in [1.165, 1.54) is 7.11 Å². The third-order valence-electron chi connectivity index (χ3n) is 5.16. The molecule has 160 valence electrons. The Morgan fingerprint density at radius 2 is 1.53 bits per heavy atom. The molecule has 0 fully saturated rings. The van der Waals surface area contributed by atoms with Crippen LogP contribution >= 0.6 is 0 Å². The molecule has 4 aromatic rings. The zero-order valence-corrected chi connectivity index (χ0v) is 17.8. The summed E-state index contributed by atoms with van der Waals surface area (Å²) >= 11 is 0. The zero-order valence-electron chi connectivity index (χ0n) is 17.8. The number of Topliss-reactive ketones (excluding diaryl/α,β-unsaturated/α-hetero) is 1. The lowest BCUT2D eigenvalue weighted by Crippen LogP contribution is -2.23. The lowest BCUT2D eigenvalue weighted by molar-refractivity contribution is 0.0591. The Morgan fingerprint density at radius 1 is 0.844 bits per heavy atom. The average molecular weight is 426 g/mol. The molecule has 0 spiro atoms. The van der Waals surface area contributed by atoms with Crippen LogP contribution in [0.3, 0.4) is 0 Å². The molecule has 1 heterocycles. The lowest BCUT2D eigenvalue weighted by atomic mass is 9.97. The van der Waals surface area contributed by atoms with Crippen LogP contribution in [0.15, 0.2) is 91.0 Å². The Hall–Kier alpha value is -4.19. The van der Waals surface area contributed by atoms with Crippen molar-refractivity contribution in [2.45, 2.75) is 6.04 Å². The summed E-state index contributed by atoms with van der Waals surface area (Å²) in [4.78, 5) is 26.0. The Labute approximate surface area is 186 Å². The number of carbonyl (C=O) groups is 2. The van der Waals surface area contributed by atoms with Crippen molar-refractivity contribution in [3.05, 3.63) is 108 Å². The first-order valence-electron chi connectivity index (χ1n) is 10.1. The molecule has 32 heavy (non-hydrogen) atoms. The molecule has 0 aliphatic carbocycles. The second-order valence-electron chi connectivity index (χ2n) is 7.13. The van der Waals surface area contributed by atoms with E-state index in [4.69, 9.17) is 9.47 Å². The summed E-state index contributed by atoms with van der Waals surface area (Å²) in [5.74, 6) is -0.0622. The number of hydrogen-bond donors (Lipinski definition) is 0. The molecule has 1 atom stereocenters. The van der Waals surface area contributed by atoms with Gasteiger partial charge in [-0.3, -0.25) is 4.79 Å². The highest BCUT2D eigenvalue weighted by atomic mass is 16.5. The van der Waals surface area contributed by atoms with Gasteiger partial charge in [0.15, 0.2) is 11.5 Å². The highest BCUT2D eigenvalue weighted by Gasteiger charge is 2.29. The van der Waals surface area contributed by atoms with Crippen molar-refractivity contribution in [3.8, 4) is 17.0 Å². The molecule has 0 amide bonds. The summed E-state index contributed by atoms with van der Waals surface area (Å²) in [5, 5.41) is 4.52. The van der Waals surface area contributed by atoms with E-state index in [0.29, 0.717) is 17.0 Å². The summed E-state index contributed by atoms with van der Waals surface area (Å²) in [6, 6.07) is 26.7. The van der Waals surface area contributed by atoms with Crippen molar-refractivity contribution in [3.63, 3.8) is 0 Å². The molecule has 4 rings (SSSR count). The second kappa shape index (κ2) is 9.31. The van der Waals surface area contributed by atoms with Crippen molar-refractivity contribution in [2.24, 2.45) is 0 Å². The van der Waals surface area contributed by atoms with Gasteiger partial charge in [-0.15, -0.1) is 0 Å².